The van der Waals surface area contributed by atoms with Gasteiger partial charge in [0.15, 0.2) is 0 Å². The third kappa shape index (κ3) is 19.4. The van der Waals surface area contributed by atoms with Crippen LogP contribution in [0.25, 0.3) is 0 Å². The van der Waals surface area contributed by atoms with Crippen LogP contribution in [-0.4, -0.2) is 30.7 Å². The Morgan fingerprint density at radius 3 is 2.06 bits per heavy atom. The first-order valence-electron chi connectivity index (χ1n) is 5.23. The predicted molar refractivity (Wildman–Crippen MR) is 65.7 cm³/mol. The molecule has 0 spiro atoms. The Labute approximate surface area is 99.8 Å². The third-order valence-corrected chi connectivity index (χ3v) is 1.95. The van der Waals surface area contributed by atoms with E-state index in [2.05, 4.69) is 42.1 Å². The highest BCUT2D eigenvalue weighted by molar-refractivity contribution is 7.40. The average molecular weight is 250 g/mol. The molecule has 96 valence electrons. The van der Waals surface area contributed by atoms with Crippen molar-refractivity contribution in [1.29, 1.82) is 5.26 Å². The molecule has 5 nitrogen and oxygen atoms in total. The molecule has 0 saturated carbocycles. The van der Waals surface area contributed by atoms with Gasteiger partial charge in [-0.25, -0.2) is 0 Å². The molecule has 0 aromatic rings. The first-order valence-corrected chi connectivity index (χ1v) is 6.36. The van der Waals surface area contributed by atoms with Gasteiger partial charge in [-0.15, -0.1) is 0 Å². The van der Waals surface area contributed by atoms with E-state index < -0.39 is 8.60 Å². The molecule has 0 heterocycles. The van der Waals surface area contributed by atoms with Crippen molar-refractivity contribution >= 4 is 8.60 Å². The maximum absolute atomic E-state index is 8.60. The molecule has 0 aromatic carbocycles. The molecule has 2 N–H and O–H groups in total. The number of hydrogen-bond donors (Lipinski definition) is 2. The summed E-state index contributed by atoms with van der Waals surface area (Å²) in [4.78, 5) is 8.60. The Hall–Kier alpha value is -0.240. The molecule has 0 saturated heterocycles. The van der Waals surface area contributed by atoms with Gasteiger partial charge in [0.25, 0.3) is 0 Å². The number of nitriles is 1. The van der Waals surface area contributed by atoms with Crippen LogP contribution >= 0.6 is 8.60 Å². The zero-order valence-corrected chi connectivity index (χ0v) is 11.6. The zero-order valence-electron chi connectivity index (χ0n) is 10.7. The summed E-state index contributed by atoms with van der Waals surface area (Å²) in [6.45, 7) is 8.84. The molecule has 0 radical (unpaired) electrons. The molecule has 0 aliphatic heterocycles. The smallest absolute Gasteiger partial charge is 0.328 e. The Morgan fingerprint density at radius 2 is 1.81 bits per heavy atom. The fourth-order valence-electron chi connectivity index (χ4n) is 0.889. The van der Waals surface area contributed by atoms with Gasteiger partial charge in [-0.3, -0.25) is 0 Å². The molecule has 0 fully saturated rings. The van der Waals surface area contributed by atoms with Gasteiger partial charge < -0.3 is 19.3 Å². The molecular formula is C10H23N2O3P. The van der Waals surface area contributed by atoms with Crippen LogP contribution in [0.4, 0.5) is 0 Å². The molecule has 0 rings (SSSR count). The van der Waals surface area contributed by atoms with Crippen LogP contribution in [0.3, 0.4) is 0 Å². The van der Waals surface area contributed by atoms with Crippen molar-refractivity contribution in [3.05, 3.63) is 0 Å². The van der Waals surface area contributed by atoms with Gasteiger partial charge in [-0.1, -0.05) is 27.7 Å². The molecule has 0 aromatic heterocycles. The van der Waals surface area contributed by atoms with E-state index in [-0.39, 0.29) is 13.0 Å². The Balaban J connectivity index is 0. The van der Waals surface area contributed by atoms with E-state index >= 15 is 0 Å². The number of nitrogens with one attached hydrogen (secondary N) is 1. The SMILES string of the molecule is CC(C)NC(C)C.COP(O)OCCC#N. The molecular weight excluding hydrogens is 227 g/mol. The summed E-state index contributed by atoms with van der Waals surface area (Å²) < 4.78 is 8.99. The van der Waals surface area contributed by atoms with Crippen LogP contribution in [0.2, 0.25) is 0 Å². The summed E-state index contributed by atoms with van der Waals surface area (Å²) in [6, 6.07) is 3.12. The molecule has 0 amide bonds. The summed E-state index contributed by atoms with van der Waals surface area (Å²) in [5.74, 6) is 0. The predicted octanol–water partition coefficient (Wildman–Crippen LogP) is 2.18. The number of nitrogens with zero attached hydrogens (tertiary/aromatic N) is 1. The van der Waals surface area contributed by atoms with Crippen molar-refractivity contribution in [2.75, 3.05) is 13.7 Å². The van der Waals surface area contributed by atoms with Gasteiger partial charge in [0.05, 0.1) is 19.1 Å². The van der Waals surface area contributed by atoms with Crippen molar-refractivity contribution in [2.24, 2.45) is 0 Å². The van der Waals surface area contributed by atoms with E-state index in [9.17, 15) is 0 Å². The Kier molecular flexibility index (Phi) is 14.5. The van der Waals surface area contributed by atoms with Crippen LogP contribution in [0.15, 0.2) is 0 Å². The minimum Gasteiger partial charge on any atom is -0.328 e. The molecule has 1 atom stereocenters. The van der Waals surface area contributed by atoms with E-state index in [4.69, 9.17) is 10.2 Å². The van der Waals surface area contributed by atoms with Crippen LogP contribution in [0.5, 0.6) is 0 Å². The van der Waals surface area contributed by atoms with Gasteiger partial charge in [-0.05, 0) is 0 Å². The summed E-state index contributed by atoms with van der Waals surface area (Å²) in [7, 11) is -0.396. The highest BCUT2D eigenvalue weighted by atomic mass is 31.2. The van der Waals surface area contributed by atoms with Crippen molar-refractivity contribution in [2.45, 2.75) is 46.2 Å². The maximum Gasteiger partial charge on any atom is 0.329 e. The molecule has 0 aliphatic rings. The molecule has 6 heteroatoms. The second-order valence-electron chi connectivity index (χ2n) is 3.64. The van der Waals surface area contributed by atoms with Crippen molar-refractivity contribution < 1.29 is 13.9 Å². The summed E-state index contributed by atoms with van der Waals surface area (Å²) in [5, 5.41) is 11.3. The Morgan fingerprint density at radius 1 is 1.31 bits per heavy atom. The zero-order chi connectivity index (χ0) is 13.0. The number of hydrogen-bond acceptors (Lipinski definition) is 5. The molecule has 16 heavy (non-hydrogen) atoms. The van der Waals surface area contributed by atoms with Gasteiger partial charge in [0.1, 0.15) is 0 Å². The average Bonchev–Trinajstić information content (AvgIpc) is 2.16. The summed E-state index contributed by atoms with van der Waals surface area (Å²) >= 11 is 0. The lowest BCUT2D eigenvalue weighted by Crippen LogP contribution is -2.29. The van der Waals surface area contributed by atoms with Gasteiger partial charge >= 0.3 is 8.60 Å². The molecule has 0 aliphatic carbocycles. The van der Waals surface area contributed by atoms with Crippen LogP contribution in [0, 0.1) is 11.3 Å². The van der Waals surface area contributed by atoms with E-state index in [1.54, 1.807) is 0 Å². The lowest BCUT2D eigenvalue weighted by atomic mass is 10.3. The fraction of sp³-hybridized carbons (Fsp3) is 0.900. The van der Waals surface area contributed by atoms with Gasteiger partial charge in [-0.2, -0.15) is 5.26 Å². The highest BCUT2D eigenvalue weighted by Crippen LogP contribution is 2.30. The van der Waals surface area contributed by atoms with E-state index in [1.165, 1.54) is 7.11 Å². The minimum atomic E-state index is -1.74. The first kappa shape index (κ1) is 18.1. The monoisotopic (exact) mass is 250 g/mol. The van der Waals surface area contributed by atoms with E-state index in [0.29, 0.717) is 12.1 Å². The molecule has 1 unspecified atom stereocenters. The van der Waals surface area contributed by atoms with E-state index in [0.717, 1.165) is 0 Å². The maximum atomic E-state index is 8.60. The van der Waals surface area contributed by atoms with Crippen LogP contribution < -0.4 is 5.32 Å². The first-order chi connectivity index (χ1) is 7.43. The van der Waals surface area contributed by atoms with Gasteiger partial charge in [0, 0.05) is 19.2 Å². The van der Waals surface area contributed by atoms with Crippen molar-refractivity contribution in [1.82, 2.24) is 5.32 Å². The van der Waals surface area contributed by atoms with Crippen molar-refractivity contribution in [3.8, 4) is 6.07 Å². The quantitative estimate of drug-likeness (QED) is 0.558. The third-order valence-electron chi connectivity index (χ3n) is 1.24. The second-order valence-corrected chi connectivity index (χ2v) is 4.74. The second kappa shape index (κ2) is 12.8. The summed E-state index contributed by atoms with van der Waals surface area (Å²) in [6.07, 6.45) is 0.281. The fourth-order valence-corrected chi connectivity index (χ4v) is 1.24. The topological polar surface area (TPSA) is 74.5 Å². The summed E-state index contributed by atoms with van der Waals surface area (Å²) in [5.41, 5.74) is 0. The van der Waals surface area contributed by atoms with Crippen molar-refractivity contribution in [3.63, 3.8) is 0 Å². The standard InChI is InChI=1S/C6H15N.C4H8NO3P/c1-5(2)7-6(3)4;1-7-9(6)8-4-2-3-5/h5-7H,1-4H3;6H,2,4H2,1H3. The Bertz CT molecular complexity index is 177. The largest absolute Gasteiger partial charge is 0.329 e. The minimum absolute atomic E-state index is 0.229. The van der Waals surface area contributed by atoms with Gasteiger partial charge in [0.2, 0.25) is 0 Å². The van der Waals surface area contributed by atoms with E-state index in [1.807, 2.05) is 6.07 Å². The van der Waals surface area contributed by atoms with Crippen LogP contribution in [-0.2, 0) is 9.05 Å². The lowest BCUT2D eigenvalue weighted by molar-refractivity contribution is 0.233. The number of rotatable bonds is 6. The lowest BCUT2D eigenvalue weighted by Gasteiger charge is -2.10. The molecule has 0 bridgehead atoms. The normalized spacial score (nSPS) is 11.9. The highest BCUT2D eigenvalue weighted by Gasteiger charge is 2.00. The van der Waals surface area contributed by atoms with Crippen LogP contribution in [0.1, 0.15) is 34.1 Å².